The van der Waals surface area contributed by atoms with Gasteiger partial charge in [0.1, 0.15) is 0 Å². The second kappa shape index (κ2) is 8.19. The standard InChI is InChI=1S/C16H22N2O6S/c1-18(13-7-8-25(20,21)11-13)15(19)10-24-17-9-12-5-4-6-14(22-2)16(12)23-3/h4-6,9,13H,7-8,10-11H2,1-3H3/b17-9-/t13-/m1/s1. The molecule has 1 atom stereocenters. The number of carbonyl (C=O) groups excluding carboxylic acids is 1. The Morgan fingerprint density at radius 3 is 2.72 bits per heavy atom. The number of methoxy groups -OCH3 is 2. The summed E-state index contributed by atoms with van der Waals surface area (Å²) in [5, 5.41) is 3.78. The first-order chi connectivity index (χ1) is 11.9. The first kappa shape index (κ1) is 19.0. The SMILES string of the molecule is COc1cccc(/C=N\OCC(=O)N(C)[C@@H]2CCS(=O)(=O)C2)c1OC. The number of para-hydroxylation sites is 1. The molecule has 138 valence electrons. The second-order valence-corrected chi connectivity index (χ2v) is 7.88. The molecule has 25 heavy (non-hydrogen) atoms. The van der Waals surface area contributed by atoms with Crippen LogP contribution < -0.4 is 9.47 Å². The van der Waals surface area contributed by atoms with Crippen molar-refractivity contribution in [2.24, 2.45) is 5.16 Å². The highest BCUT2D eigenvalue weighted by Gasteiger charge is 2.32. The molecule has 1 saturated heterocycles. The summed E-state index contributed by atoms with van der Waals surface area (Å²) in [7, 11) is 1.59. The highest BCUT2D eigenvalue weighted by molar-refractivity contribution is 7.91. The zero-order valence-electron chi connectivity index (χ0n) is 14.5. The largest absolute Gasteiger partial charge is 0.493 e. The number of carbonyl (C=O) groups is 1. The van der Waals surface area contributed by atoms with Crippen LogP contribution >= 0.6 is 0 Å². The number of rotatable bonds is 7. The van der Waals surface area contributed by atoms with Gasteiger partial charge in [-0.1, -0.05) is 11.2 Å². The lowest BCUT2D eigenvalue weighted by molar-refractivity contribution is -0.136. The smallest absolute Gasteiger partial charge is 0.263 e. The van der Waals surface area contributed by atoms with Crippen molar-refractivity contribution in [3.05, 3.63) is 23.8 Å². The van der Waals surface area contributed by atoms with E-state index in [2.05, 4.69) is 5.16 Å². The lowest BCUT2D eigenvalue weighted by Crippen LogP contribution is -2.39. The van der Waals surface area contributed by atoms with Gasteiger partial charge in [-0.05, 0) is 18.6 Å². The molecule has 1 aliphatic rings. The molecular formula is C16H22N2O6S. The van der Waals surface area contributed by atoms with Crippen LogP contribution in [0.3, 0.4) is 0 Å². The minimum absolute atomic E-state index is 0.000480. The summed E-state index contributed by atoms with van der Waals surface area (Å²) in [6.45, 7) is -0.268. The van der Waals surface area contributed by atoms with Gasteiger partial charge >= 0.3 is 0 Å². The quantitative estimate of drug-likeness (QED) is 0.518. The van der Waals surface area contributed by atoms with Crippen LogP contribution in [0.15, 0.2) is 23.4 Å². The fraction of sp³-hybridized carbons (Fsp3) is 0.500. The van der Waals surface area contributed by atoms with Crippen LogP contribution in [-0.2, 0) is 19.5 Å². The van der Waals surface area contributed by atoms with Gasteiger partial charge in [0.2, 0.25) is 0 Å². The summed E-state index contributed by atoms with van der Waals surface area (Å²) < 4.78 is 33.4. The van der Waals surface area contributed by atoms with Crippen LogP contribution in [0.2, 0.25) is 0 Å². The van der Waals surface area contributed by atoms with E-state index >= 15 is 0 Å². The number of oxime groups is 1. The molecule has 0 saturated carbocycles. The van der Waals surface area contributed by atoms with Crippen molar-refractivity contribution in [2.45, 2.75) is 12.5 Å². The highest BCUT2D eigenvalue weighted by Crippen LogP contribution is 2.29. The Kier molecular flexibility index (Phi) is 6.24. The molecule has 0 spiro atoms. The van der Waals surface area contributed by atoms with Crippen LogP contribution in [0.4, 0.5) is 0 Å². The average Bonchev–Trinajstić information content (AvgIpc) is 2.97. The Hall–Kier alpha value is -2.29. The van der Waals surface area contributed by atoms with E-state index in [1.54, 1.807) is 25.2 Å². The van der Waals surface area contributed by atoms with Gasteiger partial charge in [0.25, 0.3) is 5.91 Å². The normalized spacial score (nSPS) is 18.9. The van der Waals surface area contributed by atoms with Gasteiger partial charge in [0, 0.05) is 18.7 Å². The Morgan fingerprint density at radius 1 is 1.36 bits per heavy atom. The summed E-state index contributed by atoms with van der Waals surface area (Å²) in [6, 6.07) is 5.00. The molecule has 0 aromatic heterocycles. The second-order valence-electron chi connectivity index (χ2n) is 5.65. The monoisotopic (exact) mass is 370 g/mol. The Morgan fingerprint density at radius 2 is 2.12 bits per heavy atom. The van der Waals surface area contributed by atoms with E-state index in [1.807, 2.05) is 0 Å². The zero-order chi connectivity index (χ0) is 18.4. The van der Waals surface area contributed by atoms with Gasteiger partial charge in [-0.2, -0.15) is 0 Å². The van der Waals surface area contributed by atoms with Crippen LogP contribution in [-0.4, -0.2) is 70.9 Å². The Balaban J connectivity index is 1.90. The van der Waals surface area contributed by atoms with E-state index in [0.717, 1.165) is 0 Å². The number of sulfone groups is 1. The van der Waals surface area contributed by atoms with E-state index in [9.17, 15) is 13.2 Å². The molecule has 0 aliphatic carbocycles. The molecule has 0 N–H and O–H groups in total. The van der Waals surface area contributed by atoms with Crippen LogP contribution in [0.1, 0.15) is 12.0 Å². The summed E-state index contributed by atoms with van der Waals surface area (Å²) in [6.07, 6.45) is 1.88. The number of hydrogen-bond donors (Lipinski definition) is 0. The number of ether oxygens (including phenoxy) is 2. The van der Waals surface area contributed by atoms with Crippen molar-refractivity contribution in [1.82, 2.24) is 4.90 Å². The van der Waals surface area contributed by atoms with Gasteiger partial charge in [-0.3, -0.25) is 4.79 Å². The minimum atomic E-state index is -3.04. The zero-order valence-corrected chi connectivity index (χ0v) is 15.3. The summed E-state index contributed by atoms with van der Waals surface area (Å²) >= 11 is 0. The van der Waals surface area contributed by atoms with Gasteiger partial charge in [-0.25, -0.2) is 8.42 Å². The number of nitrogens with zero attached hydrogens (tertiary/aromatic N) is 2. The van der Waals surface area contributed by atoms with Crippen LogP contribution in [0.25, 0.3) is 0 Å². The third-order valence-corrected chi connectivity index (χ3v) is 5.79. The summed E-state index contributed by atoms with van der Waals surface area (Å²) in [5.74, 6) is 0.863. The molecule has 1 aliphatic heterocycles. The molecule has 1 amide bonds. The van der Waals surface area contributed by atoms with Crippen molar-refractivity contribution in [3.63, 3.8) is 0 Å². The Bertz CT molecular complexity index is 747. The molecule has 1 aromatic carbocycles. The first-order valence-electron chi connectivity index (χ1n) is 7.70. The molecule has 0 radical (unpaired) electrons. The number of likely N-dealkylation sites (N-methyl/N-ethyl adjacent to an activating group) is 1. The highest BCUT2D eigenvalue weighted by atomic mass is 32.2. The summed E-state index contributed by atoms with van der Waals surface area (Å²) in [5.41, 5.74) is 0.643. The lowest BCUT2D eigenvalue weighted by atomic mass is 10.2. The first-order valence-corrected chi connectivity index (χ1v) is 9.52. The maximum Gasteiger partial charge on any atom is 0.263 e. The predicted molar refractivity (Wildman–Crippen MR) is 92.9 cm³/mol. The molecule has 0 bridgehead atoms. The molecule has 1 heterocycles. The molecule has 2 rings (SSSR count). The molecule has 0 unspecified atom stereocenters. The summed E-state index contributed by atoms with van der Waals surface area (Å²) in [4.78, 5) is 18.5. The van der Waals surface area contributed by atoms with E-state index < -0.39 is 9.84 Å². The number of amides is 1. The van der Waals surface area contributed by atoms with Crippen LogP contribution in [0, 0.1) is 0 Å². The van der Waals surface area contributed by atoms with Gasteiger partial charge < -0.3 is 19.2 Å². The van der Waals surface area contributed by atoms with Gasteiger partial charge in [-0.15, -0.1) is 0 Å². The van der Waals surface area contributed by atoms with E-state index in [0.29, 0.717) is 23.5 Å². The predicted octanol–water partition coefficient (Wildman–Crippen LogP) is 0.700. The van der Waals surface area contributed by atoms with Crippen molar-refractivity contribution in [2.75, 3.05) is 39.4 Å². The average molecular weight is 370 g/mol. The molecule has 1 fully saturated rings. The molecule has 8 nitrogen and oxygen atoms in total. The third-order valence-electron chi connectivity index (χ3n) is 4.04. The van der Waals surface area contributed by atoms with E-state index in [4.69, 9.17) is 14.3 Å². The maximum atomic E-state index is 12.1. The van der Waals surface area contributed by atoms with Gasteiger partial charge in [0.15, 0.2) is 27.9 Å². The Labute approximate surface area is 147 Å². The minimum Gasteiger partial charge on any atom is -0.493 e. The number of benzene rings is 1. The van der Waals surface area contributed by atoms with Crippen molar-refractivity contribution >= 4 is 22.0 Å². The topological polar surface area (TPSA) is 94.5 Å². The lowest BCUT2D eigenvalue weighted by Gasteiger charge is -2.22. The number of hydrogen-bond acceptors (Lipinski definition) is 7. The van der Waals surface area contributed by atoms with Crippen molar-refractivity contribution in [1.29, 1.82) is 0 Å². The van der Waals surface area contributed by atoms with Gasteiger partial charge in [0.05, 0.1) is 31.9 Å². The fourth-order valence-electron chi connectivity index (χ4n) is 2.59. The van der Waals surface area contributed by atoms with Crippen LogP contribution in [0.5, 0.6) is 11.5 Å². The maximum absolute atomic E-state index is 12.1. The van der Waals surface area contributed by atoms with E-state index in [1.165, 1.54) is 25.3 Å². The molecule has 9 heteroatoms. The van der Waals surface area contributed by atoms with Crippen molar-refractivity contribution < 1.29 is 27.5 Å². The fourth-order valence-corrected chi connectivity index (χ4v) is 4.36. The van der Waals surface area contributed by atoms with Crippen molar-refractivity contribution in [3.8, 4) is 11.5 Å². The third kappa shape index (κ3) is 4.85. The molecular weight excluding hydrogens is 348 g/mol. The van der Waals surface area contributed by atoms with E-state index in [-0.39, 0.29) is 30.1 Å². The molecule has 1 aromatic rings.